The Bertz CT molecular complexity index is 1630. The highest BCUT2D eigenvalue weighted by molar-refractivity contribution is 6.34. The van der Waals surface area contributed by atoms with Gasteiger partial charge >= 0.3 is 11.9 Å². The molecule has 0 bridgehead atoms. The fourth-order valence-corrected chi connectivity index (χ4v) is 4.40. The van der Waals surface area contributed by atoms with E-state index < -0.39 is 11.9 Å². The van der Waals surface area contributed by atoms with Gasteiger partial charge in [-0.15, -0.1) is 0 Å². The lowest BCUT2D eigenvalue weighted by atomic mass is 10.00. The number of benzene rings is 4. The number of H-pyrrole nitrogens is 1. The van der Waals surface area contributed by atoms with Gasteiger partial charge in [-0.2, -0.15) is 4.98 Å². The Morgan fingerprint density at radius 1 is 0.861 bits per heavy atom. The van der Waals surface area contributed by atoms with E-state index in [0.29, 0.717) is 16.1 Å². The van der Waals surface area contributed by atoms with Crippen molar-refractivity contribution in [3.05, 3.63) is 101 Å². The minimum Gasteiger partial charge on any atom is -0.478 e. The average molecular weight is 499 g/mol. The van der Waals surface area contributed by atoms with Gasteiger partial charge in [-0.05, 0) is 53.4 Å². The summed E-state index contributed by atoms with van der Waals surface area (Å²) in [6.07, 6.45) is 0. The van der Waals surface area contributed by atoms with Gasteiger partial charge in [0.05, 0.1) is 27.2 Å². The molecule has 0 spiro atoms. The van der Waals surface area contributed by atoms with E-state index in [1.807, 2.05) is 48.5 Å². The van der Waals surface area contributed by atoms with Gasteiger partial charge in [0.25, 0.3) is 6.01 Å². The topological polar surface area (TPSA) is 113 Å². The number of aromatic amines is 1. The maximum atomic E-state index is 11.6. The van der Waals surface area contributed by atoms with Crippen LogP contribution in [0.25, 0.3) is 33.3 Å². The van der Waals surface area contributed by atoms with Crippen molar-refractivity contribution in [3.8, 4) is 34.0 Å². The second-order valence-electron chi connectivity index (χ2n) is 8.21. The number of imidazole rings is 1. The zero-order valence-electron chi connectivity index (χ0n) is 18.9. The van der Waals surface area contributed by atoms with Crippen LogP contribution in [0.15, 0.2) is 78.9 Å². The summed E-state index contributed by atoms with van der Waals surface area (Å²) in [5.74, 6) is -2.53. The van der Waals surface area contributed by atoms with E-state index in [2.05, 4.69) is 22.1 Å². The maximum Gasteiger partial charge on any atom is 0.336 e. The number of ether oxygens (including phenoxy) is 1. The van der Waals surface area contributed by atoms with E-state index in [9.17, 15) is 19.8 Å². The van der Waals surface area contributed by atoms with Crippen molar-refractivity contribution in [2.75, 3.05) is 0 Å². The summed E-state index contributed by atoms with van der Waals surface area (Å²) in [6.45, 7) is 1.51. The van der Waals surface area contributed by atoms with Crippen LogP contribution in [0.1, 0.15) is 26.3 Å². The van der Waals surface area contributed by atoms with Crippen molar-refractivity contribution < 1.29 is 24.5 Å². The number of aromatic nitrogens is 2. The van der Waals surface area contributed by atoms with Crippen molar-refractivity contribution in [3.63, 3.8) is 0 Å². The first-order valence-corrected chi connectivity index (χ1v) is 11.3. The van der Waals surface area contributed by atoms with Gasteiger partial charge in [0.2, 0.25) is 0 Å². The molecule has 178 valence electrons. The highest BCUT2D eigenvalue weighted by Crippen LogP contribution is 2.34. The SMILES string of the molecule is Cc1cc(Oc2nc3cc(-c4ccc(-c5ccccc5)cc4)c(Cl)cc3[nH]2)cc(C(=O)O)c1C(=O)O. The Morgan fingerprint density at radius 2 is 1.53 bits per heavy atom. The van der Waals surface area contributed by atoms with Crippen molar-refractivity contribution in [1.82, 2.24) is 9.97 Å². The van der Waals surface area contributed by atoms with E-state index >= 15 is 0 Å². The van der Waals surface area contributed by atoms with Crippen LogP contribution < -0.4 is 4.74 Å². The molecule has 0 amide bonds. The molecule has 0 saturated carbocycles. The van der Waals surface area contributed by atoms with Crippen LogP contribution in [0.4, 0.5) is 0 Å². The molecule has 1 aromatic heterocycles. The lowest BCUT2D eigenvalue weighted by molar-refractivity contribution is 0.0650. The van der Waals surface area contributed by atoms with Crippen molar-refractivity contribution >= 4 is 34.6 Å². The summed E-state index contributed by atoms with van der Waals surface area (Å²) in [5, 5.41) is 19.3. The van der Waals surface area contributed by atoms with E-state index in [4.69, 9.17) is 16.3 Å². The Balaban J connectivity index is 1.46. The van der Waals surface area contributed by atoms with Crippen LogP contribution in [0, 0.1) is 6.92 Å². The second-order valence-corrected chi connectivity index (χ2v) is 8.62. The molecule has 0 fully saturated rings. The van der Waals surface area contributed by atoms with Crippen molar-refractivity contribution in [1.29, 1.82) is 0 Å². The first kappa shape index (κ1) is 23.1. The second kappa shape index (κ2) is 9.20. The number of hydrogen-bond acceptors (Lipinski definition) is 4. The zero-order chi connectivity index (χ0) is 25.4. The lowest BCUT2D eigenvalue weighted by Crippen LogP contribution is -2.10. The minimum atomic E-state index is -1.36. The predicted molar refractivity (Wildman–Crippen MR) is 137 cm³/mol. The van der Waals surface area contributed by atoms with Gasteiger partial charge in [0.1, 0.15) is 5.75 Å². The number of nitrogens with zero attached hydrogens (tertiary/aromatic N) is 1. The van der Waals surface area contributed by atoms with Gasteiger partial charge in [-0.25, -0.2) is 9.59 Å². The largest absolute Gasteiger partial charge is 0.478 e. The molecule has 0 aliphatic rings. The number of aromatic carboxylic acids is 2. The molecule has 8 heteroatoms. The molecule has 36 heavy (non-hydrogen) atoms. The molecule has 1 heterocycles. The number of hydrogen-bond donors (Lipinski definition) is 3. The Kier molecular flexibility index (Phi) is 5.91. The monoisotopic (exact) mass is 498 g/mol. The number of aryl methyl sites for hydroxylation is 1. The number of fused-ring (bicyclic) bond motifs is 1. The van der Waals surface area contributed by atoms with Gasteiger partial charge in [0, 0.05) is 5.56 Å². The van der Waals surface area contributed by atoms with Crippen LogP contribution in [0.3, 0.4) is 0 Å². The molecule has 0 unspecified atom stereocenters. The van der Waals surface area contributed by atoms with Gasteiger partial charge < -0.3 is 19.9 Å². The molecular formula is C28H19ClN2O5. The molecule has 0 radical (unpaired) electrons. The fraction of sp³-hybridized carbons (Fsp3) is 0.0357. The highest BCUT2D eigenvalue weighted by Gasteiger charge is 2.21. The summed E-state index contributed by atoms with van der Waals surface area (Å²) in [7, 11) is 0. The molecule has 0 atom stereocenters. The first-order valence-electron chi connectivity index (χ1n) is 10.9. The normalized spacial score (nSPS) is 10.9. The number of carboxylic acid groups (broad SMARTS) is 2. The Morgan fingerprint density at radius 3 is 2.19 bits per heavy atom. The molecule has 0 aliphatic carbocycles. The van der Waals surface area contributed by atoms with Gasteiger partial charge in [-0.3, -0.25) is 0 Å². The van der Waals surface area contributed by atoms with Gasteiger partial charge in [-0.1, -0.05) is 66.2 Å². The lowest BCUT2D eigenvalue weighted by Gasteiger charge is -2.09. The molecule has 0 aliphatic heterocycles. The predicted octanol–water partition coefficient (Wildman–Crippen LogP) is 7.05. The smallest absolute Gasteiger partial charge is 0.336 e. The summed E-state index contributed by atoms with van der Waals surface area (Å²) in [4.78, 5) is 30.5. The number of carboxylic acids is 2. The number of carbonyl (C=O) groups is 2. The third kappa shape index (κ3) is 4.39. The molecule has 4 aromatic carbocycles. The third-order valence-electron chi connectivity index (χ3n) is 5.82. The molecule has 7 nitrogen and oxygen atoms in total. The Hall–Kier alpha value is -4.62. The van der Waals surface area contributed by atoms with E-state index in [-0.39, 0.29) is 28.5 Å². The Labute approximate surface area is 210 Å². The highest BCUT2D eigenvalue weighted by atomic mass is 35.5. The number of nitrogens with one attached hydrogen (secondary N) is 1. The van der Waals surface area contributed by atoms with Crippen molar-refractivity contribution in [2.45, 2.75) is 6.92 Å². The molecule has 5 rings (SSSR count). The van der Waals surface area contributed by atoms with Gasteiger partial charge in [0.15, 0.2) is 0 Å². The zero-order valence-corrected chi connectivity index (χ0v) is 19.7. The summed E-state index contributed by atoms with van der Waals surface area (Å²) in [5.41, 5.74) is 4.81. The first-order chi connectivity index (χ1) is 17.3. The van der Waals surface area contributed by atoms with Crippen molar-refractivity contribution in [2.24, 2.45) is 0 Å². The van der Waals surface area contributed by atoms with E-state index in [1.54, 1.807) is 6.07 Å². The number of rotatable bonds is 6. The molecular weight excluding hydrogens is 480 g/mol. The standard InChI is InChI=1S/C28H19ClN2O5/c1-15-11-19(12-21(26(32)33)25(15)27(34)35)36-28-30-23-13-20(22(29)14-24(23)31-28)18-9-7-17(8-10-18)16-5-3-2-4-6-16/h2-14H,1H3,(H,30,31)(H,32,33)(H,34,35). The molecule has 0 saturated heterocycles. The van der Waals surface area contributed by atoms with E-state index in [1.165, 1.54) is 19.1 Å². The molecule has 5 aromatic rings. The summed E-state index contributed by atoms with van der Waals surface area (Å²) >= 11 is 6.58. The summed E-state index contributed by atoms with van der Waals surface area (Å²) < 4.78 is 5.75. The third-order valence-corrected chi connectivity index (χ3v) is 6.13. The number of halogens is 1. The minimum absolute atomic E-state index is 0.122. The fourth-order valence-electron chi connectivity index (χ4n) is 4.13. The van der Waals surface area contributed by atoms with Crippen LogP contribution in [0.5, 0.6) is 11.8 Å². The van der Waals surface area contributed by atoms with E-state index in [0.717, 1.165) is 22.3 Å². The van der Waals surface area contributed by atoms with Crippen LogP contribution >= 0.6 is 11.6 Å². The van der Waals surface area contributed by atoms with Crippen LogP contribution in [0.2, 0.25) is 5.02 Å². The molecule has 3 N–H and O–H groups in total. The maximum absolute atomic E-state index is 11.6. The van der Waals surface area contributed by atoms with Crippen LogP contribution in [-0.4, -0.2) is 32.1 Å². The summed E-state index contributed by atoms with van der Waals surface area (Å²) in [6, 6.07) is 24.5. The van der Waals surface area contributed by atoms with Crippen LogP contribution in [-0.2, 0) is 0 Å². The quantitative estimate of drug-likeness (QED) is 0.231. The average Bonchev–Trinajstić information content (AvgIpc) is 3.24.